The summed E-state index contributed by atoms with van der Waals surface area (Å²) < 4.78 is 5.88. The molecule has 3 rings (SSSR count). The molecule has 1 aromatic heterocycles. The lowest BCUT2D eigenvalue weighted by Crippen LogP contribution is -2.01. The van der Waals surface area contributed by atoms with Crippen LogP contribution in [0.2, 0.25) is 0 Å². The second kappa shape index (κ2) is 5.57. The molecule has 0 spiro atoms. The highest BCUT2D eigenvalue weighted by atomic mass is 16.3. The number of nitrogens with zero attached hydrogens (tertiary/aromatic N) is 1. The van der Waals surface area contributed by atoms with Crippen molar-refractivity contribution < 1.29 is 4.42 Å². The summed E-state index contributed by atoms with van der Waals surface area (Å²) in [4.78, 5) is 4.52. The van der Waals surface area contributed by atoms with Crippen LogP contribution in [0.15, 0.2) is 82.2 Å². The first-order valence-corrected chi connectivity index (χ1v) is 6.58. The Bertz CT molecular complexity index is 758. The van der Waals surface area contributed by atoms with Crippen LogP contribution in [0.5, 0.6) is 0 Å². The van der Waals surface area contributed by atoms with Gasteiger partial charge in [-0.3, -0.25) is 0 Å². The van der Waals surface area contributed by atoms with Crippen LogP contribution in [0.3, 0.4) is 0 Å². The summed E-state index contributed by atoms with van der Waals surface area (Å²) in [5.41, 5.74) is 3.70. The minimum Gasteiger partial charge on any atom is -0.438 e. The van der Waals surface area contributed by atoms with Gasteiger partial charge in [-0.1, -0.05) is 48.5 Å². The SMILES string of the molecule is Cc1cc(-c2ccccc2)oc(=Nc2ccccc2)c1. The van der Waals surface area contributed by atoms with E-state index in [1.165, 1.54) is 0 Å². The van der Waals surface area contributed by atoms with Gasteiger partial charge >= 0.3 is 0 Å². The van der Waals surface area contributed by atoms with Crippen molar-refractivity contribution in [2.45, 2.75) is 6.92 Å². The fraction of sp³-hybridized carbons (Fsp3) is 0.0556. The van der Waals surface area contributed by atoms with Gasteiger partial charge in [-0.25, -0.2) is 4.99 Å². The third kappa shape index (κ3) is 2.86. The average molecular weight is 261 g/mol. The maximum absolute atomic E-state index is 5.88. The molecule has 0 N–H and O–H groups in total. The standard InChI is InChI=1S/C18H15NO/c1-14-12-17(15-8-4-2-5-9-15)20-18(13-14)19-16-10-6-3-7-11-16/h2-13H,1H3. The second-order valence-electron chi connectivity index (χ2n) is 4.65. The number of aryl methyl sites for hydroxylation is 1. The maximum Gasteiger partial charge on any atom is 0.220 e. The third-order valence-corrected chi connectivity index (χ3v) is 2.98. The van der Waals surface area contributed by atoms with Gasteiger partial charge in [-0.2, -0.15) is 0 Å². The molecule has 98 valence electrons. The molecule has 0 aliphatic heterocycles. The van der Waals surface area contributed by atoms with Crippen molar-refractivity contribution in [1.29, 1.82) is 0 Å². The molecular weight excluding hydrogens is 246 g/mol. The van der Waals surface area contributed by atoms with E-state index in [9.17, 15) is 0 Å². The summed E-state index contributed by atoms with van der Waals surface area (Å²) in [7, 11) is 0. The molecule has 2 aromatic carbocycles. The van der Waals surface area contributed by atoms with Crippen molar-refractivity contribution >= 4 is 5.69 Å². The van der Waals surface area contributed by atoms with E-state index in [0.717, 1.165) is 22.6 Å². The Morgan fingerprint density at radius 2 is 1.45 bits per heavy atom. The molecule has 0 radical (unpaired) electrons. The molecule has 0 unspecified atom stereocenters. The fourth-order valence-electron chi connectivity index (χ4n) is 2.04. The summed E-state index contributed by atoms with van der Waals surface area (Å²) in [6.45, 7) is 2.05. The van der Waals surface area contributed by atoms with Crippen LogP contribution in [0.25, 0.3) is 11.3 Å². The molecule has 0 aliphatic carbocycles. The highest BCUT2D eigenvalue weighted by molar-refractivity contribution is 5.57. The summed E-state index contributed by atoms with van der Waals surface area (Å²) in [5, 5.41) is 0. The number of benzene rings is 2. The van der Waals surface area contributed by atoms with Gasteiger partial charge in [-0.15, -0.1) is 0 Å². The number of hydrogen-bond acceptors (Lipinski definition) is 2. The first-order valence-electron chi connectivity index (χ1n) is 6.58. The lowest BCUT2D eigenvalue weighted by Gasteiger charge is -2.02. The summed E-state index contributed by atoms with van der Waals surface area (Å²) >= 11 is 0. The van der Waals surface area contributed by atoms with Crippen molar-refractivity contribution in [2.24, 2.45) is 4.99 Å². The van der Waals surface area contributed by atoms with E-state index in [1.807, 2.05) is 79.7 Å². The quantitative estimate of drug-likeness (QED) is 0.667. The molecule has 2 nitrogen and oxygen atoms in total. The van der Waals surface area contributed by atoms with E-state index in [2.05, 4.69) is 4.99 Å². The molecule has 0 amide bonds. The molecule has 20 heavy (non-hydrogen) atoms. The molecule has 0 saturated heterocycles. The lowest BCUT2D eigenvalue weighted by atomic mass is 10.1. The van der Waals surface area contributed by atoms with E-state index in [-0.39, 0.29) is 0 Å². The molecule has 0 aliphatic rings. The lowest BCUT2D eigenvalue weighted by molar-refractivity contribution is 0.510. The first kappa shape index (κ1) is 12.4. The predicted molar refractivity (Wildman–Crippen MR) is 80.5 cm³/mol. The number of rotatable bonds is 2. The average Bonchev–Trinajstić information content (AvgIpc) is 2.49. The van der Waals surface area contributed by atoms with Crippen molar-refractivity contribution in [2.75, 3.05) is 0 Å². The topological polar surface area (TPSA) is 25.5 Å². The predicted octanol–water partition coefficient (Wildman–Crippen LogP) is 4.49. The maximum atomic E-state index is 5.88. The number of para-hydroxylation sites is 1. The molecule has 0 atom stereocenters. The van der Waals surface area contributed by atoms with Crippen molar-refractivity contribution in [3.05, 3.63) is 83.9 Å². The molecule has 0 fully saturated rings. The minimum absolute atomic E-state index is 0.620. The van der Waals surface area contributed by atoms with Crippen molar-refractivity contribution in [3.8, 4) is 11.3 Å². The van der Waals surface area contributed by atoms with E-state index < -0.39 is 0 Å². The van der Waals surface area contributed by atoms with Gasteiger partial charge in [0.1, 0.15) is 5.76 Å². The van der Waals surface area contributed by atoms with Crippen LogP contribution < -0.4 is 5.55 Å². The molecule has 2 heteroatoms. The zero-order chi connectivity index (χ0) is 13.8. The Morgan fingerprint density at radius 3 is 2.15 bits per heavy atom. The van der Waals surface area contributed by atoms with Gasteiger partial charge in [-0.05, 0) is 30.7 Å². The summed E-state index contributed by atoms with van der Waals surface area (Å²) in [6, 6.07) is 23.9. The van der Waals surface area contributed by atoms with Crippen LogP contribution >= 0.6 is 0 Å². The Kier molecular flexibility index (Phi) is 3.46. The number of hydrogen-bond donors (Lipinski definition) is 0. The third-order valence-electron chi connectivity index (χ3n) is 2.98. The zero-order valence-electron chi connectivity index (χ0n) is 11.3. The van der Waals surface area contributed by atoms with Gasteiger partial charge in [0.25, 0.3) is 0 Å². The Morgan fingerprint density at radius 1 is 0.800 bits per heavy atom. The van der Waals surface area contributed by atoms with Gasteiger partial charge in [0.05, 0.1) is 5.69 Å². The van der Waals surface area contributed by atoms with E-state index in [0.29, 0.717) is 5.55 Å². The normalized spacial score (nSPS) is 11.6. The monoisotopic (exact) mass is 261 g/mol. The van der Waals surface area contributed by atoms with Crippen LogP contribution in [-0.4, -0.2) is 0 Å². The van der Waals surface area contributed by atoms with Crippen LogP contribution in [0.4, 0.5) is 5.69 Å². The van der Waals surface area contributed by atoms with Crippen molar-refractivity contribution in [3.63, 3.8) is 0 Å². The van der Waals surface area contributed by atoms with Crippen LogP contribution in [-0.2, 0) is 0 Å². The van der Waals surface area contributed by atoms with Gasteiger partial charge in [0.2, 0.25) is 5.55 Å². The van der Waals surface area contributed by atoms with Crippen LogP contribution in [0.1, 0.15) is 5.56 Å². The highest BCUT2D eigenvalue weighted by Crippen LogP contribution is 2.18. The Hall–Kier alpha value is -2.61. The van der Waals surface area contributed by atoms with Gasteiger partial charge in [0, 0.05) is 11.6 Å². The van der Waals surface area contributed by atoms with Gasteiger partial charge < -0.3 is 4.42 Å². The zero-order valence-corrected chi connectivity index (χ0v) is 11.3. The van der Waals surface area contributed by atoms with Gasteiger partial charge in [0.15, 0.2) is 0 Å². The largest absolute Gasteiger partial charge is 0.438 e. The van der Waals surface area contributed by atoms with E-state index in [4.69, 9.17) is 4.42 Å². The molecule has 1 heterocycles. The fourth-order valence-corrected chi connectivity index (χ4v) is 2.04. The van der Waals surface area contributed by atoms with Crippen molar-refractivity contribution in [1.82, 2.24) is 0 Å². The van der Waals surface area contributed by atoms with E-state index in [1.54, 1.807) is 0 Å². The smallest absolute Gasteiger partial charge is 0.220 e. The Balaban J connectivity index is 2.10. The highest BCUT2D eigenvalue weighted by Gasteiger charge is 2.01. The molecule has 3 aromatic rings. The molecule has 0 bridgehead atoms. The summed E-state index contributed by atoms with van der Waals surface area (Å²) in [6.07, 6.45) is 0. The summed E-state index contributed by atoms with van der Waals surface area (Å²) in [5.74, 6) is 0.834. The Labute approximate surface area is 118 Å². The second-order valence-corrected chi connectivity index (χ2v) is 4.65. The first-order chi connectivity index (χ1) is 9.81. The molecule has 0 saturated carbocycles. The molecular formula is C18H15NO. The van der Waals surface area contributed by atoms with Crippen LogP contribution in [0, 0.1) is 6.92 Å². The van der Waals surface area contributed by atoms with E-state index >= 15 is 0 Å². The minimum atomic E-state index is 0.620.